The third kappa shape index (κ3) is 6.91. The zero-order chi connectivity index (χ0) is 25.8. The van der Waals surface area contributed by atoms with Crippen LogP contribution in [0.25, 0.3) is 0 Å². The monoisotopic (exact) mass is 495 g/mol. The summed E-state index contributed by atoms with van der Waals surface area (Å²) in [5.74, 6) is -1.14. The summed E-state index contributed by atoms with van der Waals surface area (Å²) < 4.78 is 18.5. The van der Waals surface area contributed by atoms with Crippen LogP contribution in [-0.4, -0.2) is 76.3 Å². The van der Waals surface area contributed by atoms with Crippen LogP contribution < -0.4 is 10.6 Å². The Kier molecular flexibility index (Phi) is 9.09. The molecule has 1 fully saturated rings. The standard InChI is InChI=1S/C25H38FN3O6/c1-25(2,3)35-24(34)28-20-9-22-19-8-18(14-32)17(13-31)7-16(19)4-5-29(22)11-21(20)27-23(33)6-15(10-26)12-30/h7-8,15,20-22,30-32H,4-6,9-14H2,1-3H3,(H,27,33)(H,28,34)/t15-,20+,21+,22+/m1/s1. The van der Waals surface area contributed by atoms with Crippen LogP contribution >= 0.6 is 0 Å². The molecule has 0 radical (unpaired) electrons. The minimum Gasteiger partial charge on any atom is -0.444 e. The van der Waals surface area contributed by atoms with Gasteiger partial charge in [0.2, 0.25) is 5.91 Å². The number of carbonyl (C=O) groups is 2. The van der Waals surface area contributed by atoms with Gasteiger partial charge in [-0.3, -0.25) is 14.1 Å². The van der Waals surface area contributed by atoms with Crippen LogP contribution in [0.5, 0.6) is 0 Å². The summed E-state index contributed by atoms with van der Waals surface area (Å²) in [5, 5.41) is 34.6. The van der Waals surface area contributed by atoms with E-state index >= 15 is 0 Å². The van der Waals surface area contributed by atoms with Crippen molar-refractivity contribution in [2.24, 2.45) is 5.92 Å². The van der Waals surface area contributed by atoms with Crippen LogP contribution in [0.15, 0.2) is 12.1 Å². The van der Waals surface area contributed by atoms with E-state index in [4.69, 9.17) is 4.74 Å². The minimum absolute atomic E-state index is 0.0547. The van der Waals surface area contributed by atoms with Crippen LogP contribution in [0.4, 0.5) is 9.18 Å². The first-order chi connectivity index (χ1) is 16.6. The van der Waals surface area contributed by atoms with Crippen molar-refractivity contribution in [3.8, 4) is 0 Å². The van der Waals surface area contributed by atoms with Crippen molar-refractivity contribution in [2.75, 3.05) is 26.4 Å². The van der Waals surface area contributed by atoms with Crippen molar-refractivity contribution in [1.29, 1.82) is 0 Å². The summed E-state index contributed by atoms with van der Waals surface area (Å²) in [5.41, 5.74) is 2.82. The van der Waals surface area contributed by atoms with Crippen LogP contribution in [0.2, 0.25) is 0 Å². The molecule has 2 aliphatic rings. The Balaban J connectivity index is 1.84. The highest BCUT2D eigenvalue weighted by molar-refractivity contribution is 5.77. The van der Waals surface area contributed by atoms with E-state index < -0.39 is 43.0 Å². The number of aliphatic hydroxyl groups excluding tert-OH is 3. The van der Waals surface area contributed by atoms with Gasteiger partial charge in [0.15, 0.2) is 0 Å². The first-order valence-electron chi connectivity index (χ1n) is 12.1. The average Bonchev–Trinajstić information content (AvgIpc) is 2.80. The lowest BCUT2D eigenvalue weighted by molar-refractivity contribution is -0.124. The number of benzene rings is 1. The van der Waals surface area contributed by atoms with Crippen LogP contribution in [0.1, 0.15) is 61.9 Å². The van der Waals surface area contributed by atoms with Crippen LogP contribution in [-0.2, 0) is 29.2 Å². The smallest absolute Gasteiger partial charge is 0.407 e. The summed E-state index contributed by atoms with van der Waals surface area (Å²) >= 11 is 0. The lowest BCUT2D eigenvalue weighted by Gasteiger charge is -2.47. The molecular formula is C25H38FN3O6. The number of piperidine rings is 1. The molecule has 0 bridgehead atoms. The fraction of sp³-hybridized carbons (Fsp3) is 0.680. The number of rotatable bonds is 8. The molecule has 3 rings (SSSR count). The van der Waals surface area contributed by atoms with E-state index in [-0.39, 0.29) is 31.6 Å². The molecule has 2 amide bonds. The van der Waals surface area contributed by atoms with Crippen LogP contribution in [0.3, 0.4) is 0 Å². The molecule has 0 aliphatic carbocycles. The van der Waals surface area contributed by atoms with E-state index in [2.05, 4.69) is 15.5 Å². The van der Waals surface area contributed by atoms with Crippen molar-refractivity contribution in [3.05, 3.63) is 34.4 Å². The molecule has 10 heteroatoms. The number of amides is 2. The zero-order valence-corrected chi connectivity index (χ0v) is 20.7. The largest absolute Gasteiger partial charge is 0.444 e. The Morgan fingerprint density at radius 3 is 2.43 bits per heavy atom. The molecule has 1 aromatic carbocycles. The fourth-order valence-corrected chi connectivity index (χ4v) is 4.94. The van der Waals surface area contributed by atoms with Crippen molar-refractivity contribution in [3.63, 3.8) is 0 Å². The number of hydrogen-bond donors (Lipinski definition) is 5. The molecule has 35 heavy (non-hydrogen) atoms. The maximum absolute atomic E-state index is 13.0. The SMILES string of the molecule is CC(C)(C)OC(=O)N[C@H]1C[C@H]2c3cc(CO)c(CO)cc3CCN2C[C@@H]1NC(=O)C[C@@H](CO)CF. The van der Waals surface area contributed by atoms with Crippen molar-refractivity contribution in [2.45, 2.75) is 77.0 Å². The quantitative estimate of drug-likeness (QED) is 0.368. The number of aliphatic hydroxyl groups is 3. The summed E-state index contributed by atoms with van der Waals surface area (Å²) in [6.45, 7) is 4.97. The second kappa shape index (κ2) is 11.6. The summed E-state index contributed by atoms with van der Waals surface area (Å²) in [6.07, 6.45) is 0.519. The Labute approximate surface area is 205 Å². The predicted octanol–water partition coefficient (Wildman–Crippen LogP) is 1.32. The Bertz CT molecular complexity index is 902. The molecular weight excluding hydrogens is 457 g/mol. The lowest BCUT2D eigenvalue weighted by atomic mass is 9.81. The molecule has 0 unspecified atom stereocenters. The van der Waals surface area contributed by atoms with Gasteiger partial charge < -0.3 is 30.7 Å². The Hall–Kier alpha value is -2.27. The van der Waals surface area contributed by atoms with E-state index in [0.29, 0.717) is 24.1 Å². The number of ether oxygens (including phenoxy) is 1. The van der Waals surface area contributed by atoms with Crippen molar-refractivity contribution in [1.82, 2.24) is 15.5 Å². The highest BCUT2D eigenvalue weighted by Gasteiger charge is 2.41. The topological polar surface area (TPSA) is 131 Å². The number of nitrogens with one attached hydrogen (secondary N) is 2. The molecule has 2 aliphatic heterocycles. The highest BCUT2D eigenvalue weighted by Crippen LogP contribution is 2.38. The number of carbonyl (C=O) groups excluding carboxylic acids is 2. The molecule has 196 valence electrons. The van der Waals surface area contributed by atoms with Gasteiger partial charge in [-0.25, -0.2) is 4.79 Å². The number of hydrogen-bond acceptors (Lipinski definition) is 7. The molecule has 1 aromatic rings. The third-order valence-corrected chi connectivity index (χ3v) is 6.66. The number of halogens is 1. The van der Waals surface area contributed by atoms with Crippen molar-refractivity contribution >= 4 is 12.0 Å². The van der Waals surface area contributed by atoms with Gasteiger partial charge in [0.1, 0.15) is 5.60 Å². The molecule has 0 saturated carbocycles. The predicted molar refractivity (Wildman–Crippen MR) is 127 cm³/mol. The van der Waals surface area contributed by atoms with Crippen LogP contribution in [0, 0.1) is 5.92 Å². The van der Waals surface area contributed by atoms with Gasteiger partial charge in [0, 0.05) is 38.1 Å². The van der Waals surface area contributed by atoms with Gasteiger partial charge in [0.05, 0.1) is 32.0 Å². The van der Waals surface area contributed by atoms with Gasteiger partial charge in [-0.15, -0.1) is 0 Å². The summed E-state index contributed by atoms with van der Waals surface area (Å²) in [4.78, 5) is 27.5. The van der Waals surface area contributed by atoms with Gasteiger partial charge in [0.25, 0.3) is 0 Å². The Morgan fingerprint density at radius 1 is 1.14 bits per heavy atom. The van der Waals surface area contributed by atoms with Crippen molar-refractivity contribution < 1.29 is 34.0 Å². The number of alkyl carbamates (subject to hydrolysis) is 1. The second-order valence-electron chi connectivity index (χ2n) is 10.5. The molecule has 2 heterocycles. The van der Waals surface area contributed by atoms with E-state index in [9.17, 15) is 29.3 Å². The number of fused-ring (bicyclic) bond motifs is 3. The maximum Gasteiger partial charge on any atom is 0.407 e. The molecule has 1 saturated heterocycles. The van der Waals surface area contributed by atoms with E-state index in [1.807, 2.05) is 12.1 Å². The number of alkyl halides is 1. The van der Waals surface area contributed by atoms with Gasteiger partial charge in [-0.1, -0.05) is 12.1 Å². The first kappa shape index (κ1) is 27.3. The van der Waals surface area contributed by atoms with E-state index in [1.165, 1.54) is 0 Å². The average molecular weight is 496 g/mol. The molecule has 4 atom stereocenters. The second-order valence-corrected chi connectivity index (χ2v) is 10.5. The molecule has 9 nitrogen and oxygen atoms in total. The highest BCUT2D eigenvalue weighted by atomic mass is 19.1. The molecule has 0 spiro atoms. The zero-order valence-electron chi connectivity index (χ0n) is 20.7. The van der Waals surface area contributed by atoms with Gasteiger partial charge in [-0.05, 0) is 55.9 Å². The normalized spacial score (nSPS) is 23.1. The number of nitrogens with zero attached hydrogens (tertiary/aromatic N) is 1. The third-order valence-electron chi connectivity index (χ3n) is 6.66. The Morgan fingerprint density at radius 2 is 1.83 bits per heavy atom. The minimum atomic E-state index is -0.790. The van der Waals surface area contributed by atoms with Gasteiger partial charge >= 0.3 is 6.09 Å². The summed E-state index contributed by atoms with van der Waals surface area (Å²) in [6, 6.07) is 2.93. The van der Waals surface area contributed by atoms with Gasteiger partial charge in [-0.2, -0.15) is 0 Å². The summed E-state index contributed by atoms with van der Waals surface area (Å²) in [7, 11) is 0. The lowest BCUT2D eigenvalue weighted by Crippen LogP contribution is -2.62. The fourth-order valence-electron chi connectivity index (χ4n) is 4.94. The van der Waals surface area contributed by atoms with E-state index in [1.54, 1.807) is 20.8 Å². The van der Waals surface area contributed by atoms with E-state index in [0.717, 1.165) is 24.1 Å². The molecule has 5 N–H and O–H groups in total. The first-order valence-corrected chi connectivity index (χ1v) is 12.1. The molecule has 0 aromatic heterocycles. The maximum atomic E-state index is 13.0.